The molecule has 5 rings (SSSR count). The Bertz CT molecular complexity index is 1310. The summed E-state index contributed by atoms with van der Waals surface area (Å²) in [5, 5.41) is 8.69. The summed E-state index contributed by atoms with van der Waals surface area (Å²) in [6.45, 7) is 0.335. The quantitative estimate of drug-likeness (QED) is 0.487. The molecule has 1 fully saturated rings. The summed E-state index contributed by atoms with van der Waals surface area (Å²) in [5.74, 6) is 1.21. The van der Waals surface area contributed by atoms with Crippen LogP contribution in [0.5, 0.6) is 5.75 Å². The summed E-state index contributed by atoms with van der Waals surface area (Å²) in [6, 6.07) is 11.1. The third kappa shape index (κ3) is 4.68. The van der Waals surface area contributed by atoms with Crippen LogP contribution in [0.3, 0.4) is 0 Å². The molecule has 2 atom stereocenters. The fourth-order valence-electron chi connectivity index (χ4n) is 4.05. The summed E-state index contributed by atoms with van der Waals surface area (Å²) < 4.78 is 9.09. The Balaban J connectivity index is 1.34. The van der Waals surface area contributed by atoms with Gasteiger partial charge >= 0.3 is 0 Å². The van der Waals surface area contributed by atoms with Crippen molar-refractivity contribution in [3.63, 3.8) is 0 Å². The fourth-order valence-corrected chi connectivity index (χ4v) is 4.05. The molecule has 0 radical (unpaired) electrons. The van der Waals surface area contributed by atoms with Gasteiger partial charge in [-0.2, -0.15) is 10.2 Å². The molecule has 0 spiro atoms. The highest BCUT2D eigenvalue weighted by atomic mass is 16.5. The lowest BCUT2D eigenvalue weighted by Gasteiger charge is -2.17. The van der Waals surface area contributed by atoms with Crippen LogP contribution in [0.1, 0.15) is 24.8 Å². The van der Waals surface area contributed by atoms with Gasteiger partial charge in [0, 0.05) is 36.5 Å². The first-order valence-corrected chi connectivity index (χ1v) is 11.0. The number of hydrogen-bond donors (Lipinski definition) is 1. The molecule has 3 aromatic heterocycles. The molecule has 2 N–H and O–H groups in total. The fraction of sp³-hybridized carbons (Fsp3) is 0.292. The predicted octanol–water partition coefficient (Wildman–Crippen LogP) is 2.41. The van der Waals surface area contributed by atoms with Crippen LogP contribution >= 0.6 is 0 Å². The Kier molecular flexibility index (Phi) is 5.70. The van der Waals surface area contributed by atoms with E-state index in [1.165, 1.54) is 10.7 Å². The Labute approximate surface area is 190 Å². The molecule has 0 bridgehead atoms. The van der Waals surface area contributed by atoms with Crippen LogP contribution in [0.2, 0.25) is 0 Å². The molecule has 0 aliphatic heterocycles. The van der Waals surface area contributed by atoms with Crippen LogP contribution in [0, 0.1) is 0 Å². The van der Waals surface area contributed by atoms with E-state index in [0.717, 1.165) is 36.0 Å². The molecule has 9 nitrogen and oxygen atoms in total. The van der Waals surface area contributed by atoms with Gasteiger partial charge in [0.05, 0.1) is 30.8 Å². The van der Waals surface area contributed by atoms with Gasteiger partial charge in [0.15, 0.2) is 11.6 Å². The van der Waals surface area contributed by atoms with Crippen molar-refractivity contribution in [2.24, 2.45) is 12.8 Å². The van der Waals surface area contributed by atoms with E-state index in [1.807, 2.05) is 37.5 Å². The van der Waals surface area contributed by atoms with E-state index in [-0.39, 0.29) is 17.7 Å². The molecule has 0 unspecified atom stereocenters. The van der Waals surface area contributed by atoms with E-state index >= 15 is 0 Å². The molecular formula is C24H25N7O2. The minimum atomic E-state index is -0.170. The molecule has 1 saturated carbocycles. The Hall–Kier alpha value is -3.85. The van der Waals surface area contributed by atoms with Crippen LogP contribution in [0.4, 0.5) is 0 Å². The molecule has 4 aromatic rings. The first-order valence-electron chi connectivity index (χ1n) is 11.0. The topological polar surface area (TPSA) is 114 Å². The van der Waals surface area contributed by atoms with Crippen LogP contribution in [0.25, 0.3) is 22.6 Å². The molecule has 9 heteroatoms. The highest BCUT2D eigenvalue weighted by molar-refractivity contribution is 5.57. The van der Waals surface area contributed by atoms with E-state index in [9.17, 15) is 4.79 Å². The van der Waals surface area contributed by atoms with Gasteiger partial charge in [0.25, 0.3) is 5.56 Å². The average Bonchev–Trinajstić information content (AvgIpc) is 3.44. The van der Waals surface area contributed by atoms with Gasteiger partial charge in [0.2, 0.25) is 0 Å². The molecule has 0 amide bonds. The second-order valence-electron chi connectivity index (χ2n) is 8.31. The van der Waals surface area contributed by atoms with E-state index in [2.05, 4.69) is 20.2 Å². The van der Waals surface area contributed by atoms with Crippen molar-refractivity contribution in [1.29, 1.82) is 0 Å². The Morgan fingerprint density at radius 1 is 1.09 bits per heavy atom. The molecule has 1 aromatic carbocycles. The van der Waals surface area contributed by atoms with E-state index in [1.54, 1.807) is 29.3 Å². The number of aryl methyl sites for hydroxylation is 1. The highest BCUT2D eigenvalue weighted by Crippen LogP contribution is 2.24. The number of hydrogen-bond acceptors (Lipinski definition) is 7. The summed E-state index contributed by atoms with van der Waals surface area (Å²) >= 11 is 0. The van der Waals surface area contributed by atoms with E-state index < -0.39 is 0 Å². The zero-order valence-corrected chi connectivity index (χ0v) is 18.3. The van der Waals surface area contributed by atoms with Gasteiger partial charge in [-0.05, 0) is 37.0 Å². The van der Waals surface area contributed by atoms with Gasteiger partial charge in [-0.3, -0.25) is 9.48 Å². The molecule has 1 aliphatic carbocycles. The number of ether oxygens (including phenoxy) is 1. The molecule has 33 heavy (non-hydrogen) atoms. The van der Waals surface area contributed by atoms with Crippen molar-refractivity contribution >= 4 is 0 Å². The Morgan fingerprint density at radius 3 is 2.67 bits per heavy atom. The number of rotatable bonds is 6. The van der Waals surface area contributed by atoms with Crippen LogP contribution in [-0.2, 0) is 13.6 Å². The molecular weight excluding hydrogens is 418 g/mol. The van der Waals surface area contributed by atoms with Gasteiger partial charge in [-0.25, -0.2) is 14.6 Å². The van der Waals surface area contributed by atoms with Crippen molar-refractivity contribution < 1.29 is 4.74 Å². The first-order chi connectivity index (χ1) is 16.0. The van der Waals surface area contributed by atoms with E-state index in [0.29, 0.717) is 23.8 Å². The lowest BCUT2D eigenvalue weighted by atomic mass is 10.1. The smallest absolute Gasteiger partial charge is 0.267 e. The lowest BCUT2D eigenvalue weighted by molar-refractivity contribution is 0.190. The number of aromatic nitrogens is 6. The second kappa shape index (κ2) is 8.95. The maximum Gasteiger partial charge on any atom is 0.267 e. The maximum atomic E-state index is 12.4. The zero-order valence-electron chi connectivity index (χ0n) is 18.3. The number of benzene rings is 1. The minimum Gasteiger partial charge on any atom is -0.486 e. The van der Waals surface area contributed by atoms with Crippen LogP contribution < -0.4 is 16.0 Å². The molecule has 168 valence electrons. The van der Waals surface area contributed by atoms with Gasteiger partial charge < -0.3 is 10.5 Å². The standard InChI is InChI=1S/C24H25N7O2/c1-30-15-18(11-28-30)21-8-9-23(32)31(29-21)14-16-4-2-5-17(10-16)24-26-12-19(13-27-24)33-22-7-3-6-20(22)25/h2,4-5,8-13,15,20,22H,3,6-7,14,25H2,1H3/t20-,22+/m1/s1. The summed E-state index contributed by atoms with van der Waals surface area (Å²) in [7, 11) is 1.84. The lowest BCUT2D eigenvalue weighted by Crippen LogP contribution is -2.33. The molecule has 1 aliphatic rings. The normalized spacial score (nSPS) is 17.9. The summed E-state index contributed by atoms with van der Waals surface area (Å²) in [6.07, 6.45) is 10.0. The first kappa shape index (κ1) is 21.0. The van der Waals surface area contributed by atoms with Crippen molar-refractivity contribution in [2.75, 3.05) is 0 Å². The van der Waals surface area contributed by atoms with E-state index in [4.69, 9.17) is 10.5 Å². The Morgan fingerprint density at radius 2 is 1.94 bits per heavy atom. The monoisotopic (exact) mass is 443 g/mol. The maximum absolute atomic E-state index is 12.4. The predicted molar refractivity (Wildman–Crippen MR) is 124 cm³/mol. The summed E-state index contributed by atoms with van der Waals surface area (Å²) in [4.78, 5) is 21.3. The van der Waals surface area contributed by atoms with Crippen LogP contribution in [0.15, 0.2) is 66.0 Å². The van der Waals surface area contributed by atoms with Gasteiger partial charge in [-0.15, -0.1) is 0 Å². The summed E-state index contributed by atoms with van der Waals surface area (Å²) in [5.41, 5.74) is 9.24. The minimum absolute atomic E-state index is 0.0241. The SMILES string of the molecule is Cn1cc(-c2ccc(=O)n(Cc3cccc(-c4ncc(O[C@H]5CCC[C@H]5N)cn4)c3)n2)cn1. The number of nitrogens with two attached hydrogens (primary N) is 1. The zero-order chi connectivity index (χ0) is 22.8. The highest BCUT2D eigenvalue weighted by Gasteiger charge is 2.25. The van der Waals surface area contributed by atoms with Crippen molar-refractivity contribution in [3.05, 3.63) is 77.1 Å². The van der Waals surface area contributed by atoms with Crippen molar-refractivity contribution in [2.45, 2.75) is 38.0 Å². The average molecular weight is 444 g/mol. The van der Waals surface area contributed by atoms with Gasteiger partial charge in [0.1, 0.15) is 6.10 Å². The third-order valence-electron chi connectivity index (χ3n) is 5.80. The third-order valence-corrected chi connectivity index (χ3v) is 5.80. The van der Waals surface area contributed by atoms with Crippen molar-refractivity contribution in [3.8, 4) is 28.4 Å². The van der Waals surface area contributed by atoms with Gasteiger partial charge in [-0.1, -0.05) is 18.2 Å². The second-order valence-corrected chi connectivity index (χ2v) is 8.31. The van der Waals surface area contributed by atoms with Crippen LogP contribution in [-0.4, -0.2) is 41.7 Å². The largest absolute Gasteiger partial charge is 0.486 e. The number of nitrogens with zero attached hydrogens (tertiary/aromatic N) is 6. The van der Waals surface area contributed by atoms with Crippen molar-refractivity contribution in [1.82, 2.24) is 29.5 Å². The molecule has 3 heterocycles. The molecule has 0 saturated heterocycles.